The van der Waals surface area contributed by atoms with Crippen LogP contribution >= 0.6 is 0 Å². The largest absolute Gasteiger partial charge is 0.494 e. The van der Waals surface area contributed by atoms with Crippen molar-refractivity contribution in [3.63, 3.8) is 0 Å². The molecule has 1 N–H and O–H groups in total. The van der Waals surface area contributed by atoms with Gasteiger partial charge in [0, 0.05) is 19.5 Å². The number of carbonyl (C=O) groups excluding carboxylic acids is 2. The molecule has 0 unspecified atom stereocenters. The topological polar surface area (TPSA) is 96.0 Å². The number of ether oxygens (including phenoxy) is 1. The number of rotatable bonds is 16. The van der Waals surface area contributed by atoms with Gasteiger partial charge in [-0.15, -0.1) is 0 Å². The molecular weight excluding hydrogens is 598 g/mol. The number of aryl methyl sites for hydroxylation is 1. The Morgan fingerprint density at radius 2 is 1.41 bits per heavy atom. The molecule has 0 aliphatic carbocycles. The molecular formula is C37H43N3O5S. The van der Waals surface area contributed by atoms with Crippen LogP contribution in [0.1, 0.15) is 43.4 Å². The molecule has 0 saturated carbocycles. The summed E-state index contributed by atoms with van der Waals surface area (Å²) in [4.78, 5) is 29.8. The third kappa shape index (κ3) is 9.20. The monoisotopic (exact) mass is 641 g/mol. The zero-order valence-corrected chi connectivity index (χ0v) is 27.6. The van der Waals surface area contributed by atoms with Gasteiger partial charge in [-0.25, -0.2) is 8.42 Å². The van der Waals surface area contributed by atoms with Gasteiger partial charge in [0.2, 0.25) is 11.8 Å². The highest BCUT2D eigenvalue weighted by molar-refractivity contribution is 7.92. The Balaban J connectivity index is 1.76. The van der Waals surface area contributed by atoms with Gasteiger partial charge in [-0.3, -0.25) is 13.9 Å². The summed E-state index contributed by atoms with van der Waals surface area (Å²) >= 11 is 0. The Morgan fingerprint density at radius 1 is 0.804 bits per heavy atom. The molecule has 2 amide bonds. The van der Waals surface area contributed by atoms with Gasteiger partial charge in [-0.2, -0.15) is 0 Å². The van der Waals surface area contributed by atoms with Crippen molar-refractivity contribution in [3.05, 3.63) is 126 Å². The Kier molecular flexibility index (Phi) is 12.4. The van der Waals surface area contributed by atoms with Crippen molar-refractivity contribution in [1.29, 1.82) is 0 Å². The lowest BCUT2D eigenvalue weighted by molar-refractivity contribution is -0.140. The molecule has 4 aromatic rings. The van der Waals surface area contributed by atoms with Crippen molar-refractivity contribution < 1.29 is 22.7 Å². The van der Waals surface area contributed by atoms with E-state index < -0.39 is 28.5 Å². The first kappa shape index (κ1) is 34.2. The summed E-state index contributed by atoms with van der Waals surface area (Å²) in [6, 6.07) is 31.2. The highest BCUT2D eigenvalue weighted by Crippen LogP contribution is 2.27. The molecule has 0 radical (unpaired) electrons. The molecule has 4 rings (SSSR count). The van der Waals surface area contributed by atoms with Crippen LogP contribution in [0.3, 0.4) is 0 Å². The molecule has 0 fully saturated rings. The lowest BCUT2D eigenvalue weighted by atomic mass is 10.0. The van der Waals surface area contributed by atoms with Gasteiger partial charge in [0.25, 0.3) is 10.0 Å². The fraction of sp³-hybridized carbons (Fsp3) is 0.297. The predicted molar refractivity (Wildman–Crippen MR) is 182 cm³/mol. The van der Waals surface area contributed by atoms with Crippen LogP contribution in [0.2, 0.25) is 0 Å². The number of carbonyl (C=O) groups is 2. The maximum Gasteiger partial charge on any atom is 0.264 e. The summed E-state index contributed by atoms with van der Waals surface area (Å²) in [5.41, 5.74) is 3.01. The number of amides is 2. The molecule has 8 nitrogen and oxygen atoms in total. The van der Waals surface area contributed by atoms with E-state index in [0.29, 0.717) is 24.6 Å². The van der Waals surface area contributed by atoms with Gasteiger partial charge in [0.15, 0.2) is 0 Å². The molecule has 0 heterocycles. The Bertz CT molecular complexity index is 1650. The average molecular weight is 642 g/mol. The number of hydrogen-bond donors (Lipinski definition) is 1. The highest BCUT2D eigenvalue weighted by atomic mass is 32.2. The minimum absolute atomic E-state index is 0.0251. The lowest BCUT2D eigenvalue weighted by Gasteiger charge is -2.34. The van der Waals surface area contributed by atoms with E-state index in [1.54, 1.807) is 24.3 Å². The summed E-state index contributed by atoms with van der Waals surface area (Å²) in [7, 11) is -4.19. The second-order valence-corrected chi connectivity index (χ2v) is 13.0. The first-order valence-electron chi connectivity index (χ1n) is 15.7. The van der Waals surface area contributed by atoms with Gasteiger partial charge in [0.1, 0.15) is 18.3 Å². The van der Waals surface area contributed by atoms with E-state index in [-0.39, 0.29) is 23.8 Å². The quantitative estimate of drug-likeness (QED) is 0.148. The maximum absolute atomic E-state index is 14.5. The zero-order valence-electron chi connectivity index (χ0n) is 26.8. The van der Waals surface area contributed by atoms with E-state index in [1.165, 1.54) is 17.0 Å². The van der Waals surface area contributed by atoms with Crippen molar-refractivity contribution in [2.75, 3.05) is 24.0 Å². The number of sulfonamides is 1. The van der Waals surface area contributed by atoms with E-state index in [9.17, 15) is 18.0 Å². The standard InChI is InChI=1S/C37H43N3O5S/c1-4-6-25-38-37(42)35(26-30-13-9-7-10-14-30)39(27-31-15-11-8-12-16-31)36(41)28-40(32-19-17-29(3)18-20-32)46(43,44)34-23-21-33(22-24-34)45-5-2/h7-24,35H,4-6,25-28H2,1-3H3,(H,38,42)/t35-/m0/s1. The Hall–Kier alpha value is -4.63. The lowest BCUT2D eigenvalue weighted by Crippen LogP contribution is -2.53. The molecule has 0 aromatic heterocycles. The molecule has 4 aromatic carbocycles. The molecule has 0 saturated heterocycles. The molecule has 1 atom stereocenters. The van der Waals surface area contributed by atoms with Crippen LogP contribution < -0.4 is 14.4 Å². The highest BCUT2D eigenvalue weighted by Gasteiger charge is 2.34. The molecule has 46 heavy (non-hydrogen) atoms. The van der Waals surface area contributed by atoms with Crippen LogP contribution in [-0.4, -0.2) is 50.9 Å². The number of anilines is 1. The van der Waals surface area contributed by atoms with Crippen molar-refractivity contribution in [3.8, 4) is 5.75 Å². The Morgan fingerprint density at radius 3 is 2.00 bits per heavy atom. The second-order valence-electron chi connectivity index (χ2n) is 11.1. The van der Waals surface area contributed by atoms with Crippen molar-refractivity contribution in [1.82, 2.24) is 10.2 Å². The fourth-order valence-electron chi connectivity index (χ4n) is 5.08. The molecule has 0 bridgehead atoms. The third-order valence-corrected chi connectivity index (χ3v) is 9.41. The molecule has 9 heteroatoms. The number of benzene rings is 4. The van der Waals surface area contributed by atoms with Crippen LogP contribution in [0.5, 0.6) is 5.75 Å². The van der Waals surface area contributed by atoms with E-state index in [0.717, 1.165) is 33.8 Å². The normalized spacial score (nSPS) is 11.8. The van der Waals surface area contributed by atoms with E-state index in [2.05, 4.69) is 5.32 Å². The van der Waals surface area contributed by atoms with Crippen molar-refractivity contribution in [2.24, 2.45) is 0 Å². The summed E-state index contributed by atoms with van der Waals surface area (Å²) in [6.07, 6.45) is 1.98. The van der Waals surface area contributed by atoms with E-state index in [4.69, 9.17) is 4.74 Å². The number of nitrogens with one attached hydrogen (secondary N) is 1. The van der Waals surface area contributed by atoms with Crippen LogP contribution in [0.15, 0.2) is 114 Å². The summed E-state index contributed by atoms with van der Waals surface area (Å²) < 4.78 is 35.0. The van der Waals surface area contributed by atoms with Gasteiger partial charge >= 0.3 is 0 Å². The molecule has 0 aliphatic heterocycles. The number of nitrogens with zero attached hydrogens (tertiary/aromatic N) is 2. The molecule has 0 aliphatic rings. The molecule has 0 spiro atoms. The predicted octanol–water partition coefficient (Wildman–Crippen LogP) is 6.15. The van der Waals surface area contributed by atoms with Gasteiger partial charge < -0.3 is 15.0 Å². The minimum Gasteiger partial charge on any atom is -0.494 e. The first-order chi connectivity index (χ1) is 22.2. The number of hydrogen-bond acceptors (Lipinski definition) is 5. The smallest absolute Gasteiger partial charge is 0.264 e. The third-order valence-electron chi connectivity index (χ3n) is 7.62. The van der Waals surface area contributed by atoms with Gasteiger partial charge in [-0.05, 0) is 67.8 Å². The van der Waals surface area contributed by atoms with Crippen molar-refractivity contribution >= 4 is 27.5 Å². The maximum atomic E-state index is 14.5. The summed E-state index contributed by atoms with van der Waals surface area (Å²) in [5, 5.41) is 3.01. The van der Waals surface area contributed by atoms with Crippen LogP contribution in [-0.2, 0) is 32.6 Å². The first-order valence-corrected chi connectivity index (χ1v) is 17.1. The van der Waals surface area contributed by atoms with Crippen LogP contribution in [0, 0.1) is 6.92 Å². The molecule has 242 valence electrons. The van der Waals surface area contributed by atoms with E-state index in [1.807, 2.05) is 93.6 Å². The van der Waals surface area contributed by atoms with Crippen LogP contribution in [0.25, 0.3) is 0 Å². The van der Waals surface area contributed by atoms with E-state index >= 15 is 0 Å². The SMILES string of the molecule is CCCCNC(=O)[C@H](Cc1ccccc1)N(Cc1ccccc1)C(=O)CN(c1ccc(C)cc1)S(=O)(=O)c1ccc(OCC)cc1. The number of unbranched alkanes of at least 4 members (excludes halogenated alkanes) is 1. The second kappa shape index (κ2) is 16.6. The summed E-state index contributed by atoms with van der Waals surface area (Å²) in [5.74, 6) is -0.227. The van der Waals surface area contributed by atoms with Crippen molar-refractivity contribution in [2.45, 2.75) is 57.5 Å². The van der Waals surface area contributed by atoms with Gasteiger partial charge in [0.05, 0.1) is 17.2 Å². The minimum atomic E-state index is -4.19. The Labute approximate surface area is 273 Å². The zero-order chi connectivity index (χ0) is 32.9. The average Bonchev–Trinajstić information content (AvgIpc) is 3.07. The van der Waals surface area contributed by atoms with Gasteiger partial charge in [-0.1, -0.05) is 91.7 Å². The van der Waals surface area contributed by atoms with Crippen LogP contribution in [0.4, 0.5) is 5.69 Å². The summed E-state index contributed by atoms with van der Waals surface area (Å²) in [6.45, 7) is 6.36. The fourth-order valence-corrected chi connectivity index (χ4v) is 6.50.